The number of amides is 2. The number of carbonyl (C=O) groups excluding carboxylic acids is 2. The van der Waals surface area contributed by atoms with E-state index < -0.39 is 0 Å². The summed E-state index contributed by atoms with van der Waals surface area (Å²) in [5.74, 6) is 2.70. The molecule has 3 heterocycles. The van der Waals surface area contributed by atoms with Crippen LogP contribution in [-0.2, 0) is 22.6 Å². The van der Waals surface area contributed by atoms with Gasteiger partial charge in [-0.1, -0.05) is 0 Å². The van der Waals surface area contributed by atoms with Crippen LogP contribution < -0.4 is 10.1 Å². The highest BCUT2D eigenvalue weighted by Crippen LogP contribution is 2.24. The van der Waals surface area contributed by atoms with Gasteiger partial charge in [0, 0.05) is 37.4 Å². The second kappa shape index (κ2) is 10.2. The number of hydrogen-bond acceptors (Lipinski definition) is 6. The van der Waals surface area contributed by atoms with Crippen molar-refractivity contribution in [3.63, 3.8) is 0 Å². The number of piperidine rings is 1. The fourth-order valence-corrected chi connectivity index (χ4v) is 3.81. The largest absolute Gasteiger partial charge is 0.497 e. The molecule has 1 aliphatic rings. The van der Waals surface area contributed by atoms with Gasteiger partial charge in [0.25, 0.3) is 0 Å². The van der Waals surface area contributed by atoms with E-state index in [2.05, 4.69) is 10.3 Å². The molecule has 2 amide bonds. The maximum Gasteiger partial charge on any atom is 0.223 e. The predicted molar refractivity (Wildman–Crippen MR) is 117 cm³/mol. The summed E-state index contributed by atoms with van der Waals surface area (Å²) >= 11 is 0. The van der Waals surface area contributed by atoms with Crippen molar-refractivity contribution in [3.8, 4) is 17.1 Å². The number of hydrogen-bond donors (Lipinski definition) is 1. The molecular weight excluding hydrogens is 410 g/mol. The van der Waals surface area contributed by atoms with Crippen LogP contribution in [0, 0.1) is 5.92 Å². The van der Waals surface area contributed by atoms with Crippen LogP contribution in [0.25, 0.3) is 11.3 Å². The van der Waals surface area contributed by atoms with Crippen molar-refractivity contribution >= 4 is 11.8 Å². The Labute approximate surface area is 186 Å². The molecule has 0 aliphatic carbocycles. The van der Waals surface area contributed by atoms with Gasteiger partial charge in [-0.05, 0) is 49.2 Å². The van der Waals surface area contributed by atoms with Gasteiger partial charge in [-0.15, -0.1) is 0 Å². The lowest BCUT2D eigenvalue weighted by Crippen LogP contribution is -2.43. The molecule has 8 nitrogen and oxygen atoms in total. The maximum absolute atomic E-state index is 12.6. The normalized spacial score (nSPS) is 14.3. The third-order valence-electron chi connectivity index (χ3n) is 5.72. The third kappa shape index (κ3) is 5.38. The highest BCUT2D eigenvalue weighted by Gasteiger charge is 2.27. The SMILES string of the molecule is COc1ccc(-c2cnc(CCC(=O)N3CCC(C(=O)NCc4ccco4)CC3)o2)cc1. The van der Waals surface area contributed by atoms with Gasteiger partial charge in [0.1, 0.15) is 11.5 Å². The highest BCUT2D eigenvalue weighted by molar-refractivity contribution is 5.80. The highest BCUT2D eigenvalue weighted by atomic mass is 16.5. The average molecular weight is 437 g/mol. The monoisotopic (exact) mass is 437 g/mol. The predicted octanol–water partition coefficient (Wildman–Crippen LogP) is 3.43. The number of ether oxygens (including phenoxy) is 1. The standard InChI is InChI=1S/C24H27N3O5/c1-30-19-6-4-17(5-7-19)21-16-25-22(32-21)8-9-23(28)27-12-10-18(11-13-27)24(29)26-15-20-3-2-14-31-20/h2-7,14,16,18H,8-13,15H2,1H3,(H,26,29). The van der Waals surface area contributed by atoms with Crippen LogP contribution in [0.15, 0.2) is 57.7 Å². The summed E-state index contributed by atoms with van der Waals surface area (Å²) in [4.78, 5) is 31.1. The second-order valence-electron chi connectivity index (χ2n) is 7.80. The van der Waals surface area contributed by atoms with Crippen LogP contribution in [0.2, 0.25) is 0 Å². The number of aromatic nitrogens is 1. The lowest BCUT2D eigenvalue weighted by Gasteiger charge is -2.31. The summed E-state index contributed by atoms with van der Waals surface area (Å²) in [5.41, 5.74) is 0.906. The van der Waals surface area contributed by atoms with Gasteiger partial charge in [-0.2, -0.15) is 0 Å². The number of methoxy groups -OCH3 is 1. The van der Waals surface area contributed by atoms with E-state index in [0.717, 1.165) is 17.1 Å². The summed E-state index contributed by atoms with van der Waals surface area (Å²) in [7, 11) is 1.62. The van der Waals surface area contributed by atoms with Crippen LogP contribution >= 0.6 is 0 Å². The van der Waals surface area contributed by atoms with Gasteiger partial charge >= 0.3 is 0 Å². The number of aryl methyl sites for hydroxylation is 1. The Morgan fingerprint density at radius 1 is 1.19 bits per heavy atom. The fourth-order valence-electron chi connectivity index (χ4n) is 3.81. The number of likely N-dealkylation sites (tertiary alicyclic amines) is 1. The van der Waals surface area contributed by atoms with Gasteiger partial charge in [0.2, 0.25) is 11.8 Å². The van der Waals surface area contributed by atoms with Gasteiger partial charge in [-0.3, -0.25) is 9.59 Å². The van der Waals surface area contributed by atoms with Crippen molar-refractivity contribution in [1.82, 2.24) is 15.2 Å². The average Bonchev–Trinajstić information content (AvgIpc) is 3.53. The van der Waals surface area contributed by atoms with E-state index in [-0.39, 0.29) is 17.7 Å². The molecule has 1 aromatic carbocycles. The Hall–Kier alpha value is -3.55. The van der Waals surface area contributed by atoms with Crippen LogP contribution in [0.4, 0.5) is 0 Å². The molecule has 3 aromatic rings. The molecular formula is C24H27N3O5. The minimum Gasteiger partial charge on any atom is -0.497 e. The van der Waals surface area contributed by atoms with Crippen molar-refractivity contribution in [2.24, 2.45) is 5.92 Å². The Morgan fingerprint density at radius 2 is 1.97 bits per heavy atom. The summed E-state index contributed by atoms with van der Waals surface area (Å²) < 4.78 is 16.2. The first-order valence-electron chi connectivity index (χ1n) is 10.8. The number of carbonyl (C=O) groups is 2. The number of furan rings is 1. The van der Waals surface area contributed by atoms with E-state index in [4.69, 9.17) is 13.6 Å². The van der Waals surface area contributed by atoms with Crippen LogP contribution in [0.5, 0.6) is 5.75 Å². The zero-order valence-electron chi connectivity index (χ0n) is 18.1. The first-order valence-corrected chi connectivity index (χ1v) is 10.8. The minimum atomic E-state index is -0.0761. The van der Waals surface area contributed by atoms with Gasteiger partial charge in [0.15, 0.2) is 11.7 Å². The van der Waals surface area contributed by atoms with Crippen LogP contribution in [-0.4, -0.2) is 41.9 Å². The Kier molecular flexibility index (Phi) is 6.89. The fraction of sp³-hybridized carbons (Fsp3) is 0.375. The Morgan fingerprint density at radius 3 is 2.66 bits per heavy atom. The maximum atomic E-state index is 12.6. The van der Waals surface area contributed by atoms with Crippen molar-refractivity contribution in [3.05, 3.63) is 60.5 Å². The van der Waals surface area contributed by atoms with E-state index in [0.29, 0.717) is 57.0 Å². The molecule has 1 fully saturated rings. The number of nitrogens with one attached hydrogen (secondary N) is 1. The van der Waals surface area contributed by atoms with E-state index >= 15 is 0 Å². The van der Waals surface area contributed by atoms with Crippen molar-refractivity contribution in [2.75, 3.05) is 20.2 Å². The minimum absolute atomic E-state index is 0.0133. The number of oxazole rings is 1. The van der Waals surface area contributed by atoms with E-state index in [1.807, 2.05) is 35.2 Å². The lowest BCUT2D eigenvalue weighted by atomic mass is 9.95. The van der Waals surface area contributed by atoms with E-state index in [1.165, 1.54) is 0 Å². The number of nitrogens with zero attached hydrogens (tertiary/aromatic N) is 2. The third-order valence-corrected chi connectivity index (χ3v) is 5.72. The molecule has 0 bridgehead atoms. The molecule has 1 aliphatic heterocycles. The first-order chi connectivity index (χ1) is 15.6. The smallest absolute Gasteiger partial charge is 0.223 e. The van der Waals surface area contributed by atoms with Crippen LogP contribution in [0.1, 0.15) is 30.9 Å². The molecule has 8 heteroatoms. The Bertz CT molecular complexity index is 1020. The molecule has 1 saturated heterocycles. The van der Waals surface area contributed by atoms with Gasteiger partial charge < -0.3 is 23.8 Å². The quantitative estimate of drug-likeness (QED) is 0.580. The van der Waals surface area contributed by atoms with Gasteiger partial charge in [0.05, 0.1) is 26.1 Å². The molecule has 0 atom stereocenters. The molecule has 32 heavy (non-hydrogen) atoms. The molecule has 0 radical (unpaired) electrons. The van der Waals surface area contributed by atoms with Crippen molar-refractivity contribution in [1.29, 1.82) is 0 Å². The summed E-state index contributed by atoms with van der Waals surface area (Å²) in [6.45, 7) is 1.56. The number of benzene rings is 1. The van der Waals surface area contributed by atoms with Crippen molar-refractivity contribution in [2.45, 2.75) is 32.2 Å². The van der Waals surface area contributed by atoms with E-state index in [9.17, 15) is 9.59 Å². The topological polar surface area (TPSA) is 97.8 Å². The molecule has 2 aromatic heterocycles. The summed E-state index contributed by atoms with van der Waals surface area (Å²) in [6.07, 6.45) is 5.36. The molecule has 1 N–H and O–H groups in total. The lowest BCUT2D eigenvalue weighted by molar-refractivity contribution is -0.135. The first kappa shape index (κ1) is 21.7. The number of rotatable bonds is 8. The van der Waals surface area contributed by atoms with Gasteiger partial charge in [-0.25, -0.2) is 4.98 Å². The second-order valence-corrected chi connectivity index (χ2v) is 7.80. The molecule has 0 unspecified atom stereocenters. The molecule has 168 valence electrons. The molecule has 0 spiro atoms. The zero-order valence-corrected chi connectivity index (χ0v) is 18.1. The Balaban J connectivity index is 1.20. The van der Waals surface area contributed by atoms with Crippen LogP contribution in [0.3, 0.4) is 0 Å². The summed E-state index contributed by atoms with van der Waals surface area (Å²) in [6, 6.07) is 11.2. The zero-order chi connectivity index (χ0) is 22.3. The molecule has 4 rings (SSSR count). The summed E-state index contributed by atoms with van der Waals surface area (Å²) in [5, 5.41) is 2.90. The van der Waals surface area contributed by atoms with Crippen molar-refractivity contribution < 1.29 is 23.2 Å². The van der Waals surface area contributed by atoms with E-state index in [1.54, 1.807) is 25.6 Å². The molecule has 0 saturated carbocycles.